The van der Waals surface area contributed by atoms with Gasteiger partial charge in [-0.2, -0.15) is 0 Å². The molecule has 2 aromatic carbocycles. The lowest BCUT2D eigenvalue weighted by molar-refractivity contribution is 0.103. The lowest BCUT2D eigenvalue weighted by Crippen LogP contribution is -2.02. The summed E-state index contributed by atoms with van der Waals surface area (Å²) < 4.78 is 26.0. The lowest BCUT2D eigenvalue weighted by Gasteiger charge is -2.03. The van der Waals surface area contributed by atoms with Gasteiger partial charge in [0, 0.05) is 22.7 Å². The van der Waals surface area contributed by atoms with Crippen LogP contribution in [0.1, 0.15) is 15.9 Å². The molecule has 0 unspecified atom stereocenters. The molecular formula is C16H9F2NO. The lowest BCUT2D eigenvalue weighted by atomic mass is 10.0. The van der Waals surface area contributed by atoms with E-state index < -0.39 is 11.6 Å². The molecule has 0 atom stereocenters. The van der Waals surface area contributed by atoms with Gasteiger partial charge in [0.05, 0.1) is 5.52 Å². The zero-order valence-corrected chi connectivity index (χ0v) is 10.3. The molecule has 0 saturated carbocycles. The Hall–Kier alpha value is -2.62. The van der Waals surface area contributed by atoms with Gasteiger partial charge in [-0.3, -0.25) is 9.78 Å². The smallest absolute Gasteiger partial charge is 0.193 e. The Kier molecular flexibility index (Phi) is 2.99. The van der Waals surface area contributed by atoms with Crippen molar-refractivity contribution in [1.29, 1.82) is 0 Å². The summed E-state index contributed by atoms with van der Waals surface area (Å²) in [5.41, 5.74) is 1.30. The topological polar surface area (TPSA) is 30.0 Å². The maximum absolute atomic E-state index is 13.2. The zero-order chi connectivity index (χ0) is 14.1. The number of aromatic nitrogens is 1. The van der Waals surface area contributed by atoms with Crippen molar-refractivity contribution in [2.45, 2.75) is 0 Å². The van der Waals surface area contributed by atoms with Crippen molar-refractivity contribution in [3.8, 4) is 0 Å². The van der Waals surface area contributed by atoms with Crippen LogP contribution in [0.2, 0.25) is 0 Å². The highest BCUT2D eigenvalue weighted by Gasteiger charge is 2.12. The van der Waals surface area contributed by atoms with Crippen LogP contribution < -0.4 is 0 Å². The third-order valence-electron chi connectivity index (χ3n) is 3.05. The number of halogens is 2. The van der Waals surface area contributed by atoms with E-state index in [4.69, 9.17) is 0 Å². The van der Waals surface area contributed by atoms with E-state index in [9.17, 15) is 13.6 Å². The van der Waals surface area contributed by atoms with E-state index in [2.05, 4.69) is 4.98 Å². The molecule has 20 heavy (non-hydrogen) atoms. The first-order valence-electron chi connectivity index (χ1n) is 6.00. The van der Waals surface area contributed by atoms with Crippen molar-refractivity contribution in [3.05, 3.63) is 77.5 Å². The van der Waals surface area contributed by atoms with Crippen molar-refractivity contribution in [2.75, 3.05) is 0 Å². The van der Waals surface area contributed by atoms with E-state index in [-0.39, 0.29) is 11.3 Å². The van der Waals surface area contributed by atoms with Gasteiger partial charge >= 0.3 is 0 Å². The van der Waals surface area contributed by atoms with E-state index in [0.717, 1.165) is 23.0 Å². The fourth-order valence-corrected chi connectivity index (χ4v) is 2.02. The number of nitrogens with zero attached hydrogens (tertiary/aromatic N) is 1. The number of carbonyl (C=O) groups excluding carboxylic acids is 1. The fourth-order valence-electron chi connectivity index (χ4n) is 2.02. The molecule has 0 aliphatic carbocycles. The Morgan fingerprint density at radius 2 is 1.65 bits per heavy atom. The van der Waals surface area contributed by atoms with Crippen LogP contribution in [0.5, 0.6) is 0 Å². The van der Waals surface area contributed by atoms with E-state index >= 15 is 0 Å². The molecule has 0 aliphatic heterocycles. The largest absolute Gasteiger partial charge is 0.289 e. The Balaban J connectivity index is 2.05. The van der Waals surface area contributed by atoms with Gasteiger partial charge < -0.3 is 0 Å². The highest BCUT2D eigenvalue weighted by atomic mass is 19.2. The molecule has 3 rings (SSSR count). The van der Waals surface area contributed by atoms with Crippen molar-refractivity contribution in [1.82, 2.24) is 4.98 Å². The maximum Gasteiger partial charge on any atom is 0.193 e. The molecule has 0 radical (unpaired) electrons. The molecule has 3 aromatic rings. The van der Waals surface area contributed by atoms with Gasteiger partial charge in [-0.15, -0.1) is 0 Å². The van der Waals surface area contributed by atoms with E-state index in [1.165, 1.54) is 6.07 Å². The van der Waals surface area contributed by atoms with Crippen LogP contribution in [0, 0.1) is 11.6 Å². The minimum atomic E-state index is -1.03. The molecule has 0 bridgehead atoms. The number of benzene rings is 2. The van der Waals surface area contributed by atoms with Crippen LogP contribution in [0.15, 0.2) is 54.7 Å². The van der Waals surface area contributed by atoms with Crippen LogP contribution in [-0.4, -0.2) is 10.8 Å². The van der Waals surface area contributed by atoms with Crippen LogP contribution in [0.3, 0.4) is 0 Å². The molecule has 0 N–H and O–H groups in total. The molecule has 0 spiro atoms. The fraction of sp³-hybridized carbons (Fsp3) is 0. The first-order chi connectivity index (χ1) is 9.65. The number of rotatable bonds is 2. The number of hydrogen-bond acceptors (Lipinski definition) is 2. The number of pyridine rings is 1. The van der Waals surface area contributed by atoms with Crippen LogP contribution in [0.25, 0.3) is 10.9 Å². The number of fused-ring (bicyclic) bond motifs is 1. The van der Waals surface area contributed by atoms with Crippen molar-refractivity contribution >= 4 is 16.7 Å². The summed E-state index contributed by atoms with van der Waals surface area (Å²) in [6.45, 7) is 0. The van der Waals surface area contributed by atoms with Crippen molar-refractivity contribution in [2.24, 2.45) is 0 Å². The molecule has 0 saturated heterocycles. The summed E-state index contributed by atoms with van der Waals surface area (Å²) in [5.74, 6) is -2.35. The molecule has 4 heteroatoms. The monoisotopic (exact) mass is 269 g/mol. The minimum Gasteiger partial charge on any atom is -0.289 e. The normalized spacial score (nSPS) is 10.7. The molecule has 0 amide bonds. The predicted octanol–water partition coefficient (Wildman–Crippen LogP) is 3.74. The summed E-state index contributed by atoms with van der Waals surface area (Å²) in [5, 5.41) is 0.820. The average molecular weight is 269 g/mol. The number of hydrogen-bond donors (Lipinski definition) is 0. The summed E-state index contributed by atoms with van der Waals surface area (Å²) in [7, 11) is 0. The van der Waals surface area contributed by atoms with Gasteiger partial charge in [-0.25, -0.2) is 8.78 Å². The van der Waals surface area contributed by atoms with Crippen LogP contribution >= 0.6 is 0 Å². The molecule has 1 heterocycles. The highest BCUT2D eigenvalue weighted by Crippen LogP contribution is 2.18. The van der Waals surface area contributed by atoms with Gasteiger partial charge in [0.25, 0.3) is 0 Å². The SMILES string of the molecule is O=C(c1ccc(F)c(F)c1)c1ccc2ncccc2c1. The molecule has 2 nitrogen and oxygen atoms in total. The average Bonchev–Trinajstić information content (AvgIpc) is 2.49. The minimum absolute atomic E-state index is 0.118. The van der Waals surface area contributed by atoms with Crippen LogP contribution in [-0.2, 0) is 0 Å². The third-order valence-corrected chi connectivity index (χ3v) is 3.05. The van der Waals surface area contributed by atoms with Gasteiger partial charge in [0.2, 0.25) is 0 Å². The second kappa shape index (κ2) is 4.81. The number of ketones is 1. The standard InChI is InChI=1S/C16H9F2NO/c17-13-5-3-12(9-14(13)18)16(20)11-4-6-15-10(8-11)2-1-7-19-15/h1-9H. The molecule has 0 fully saturated rings. The van der Waals surface area contributed by atoms with E-state index in [1.807, 2.05) is 6.07 Å². The third kappa shape index (κ3) is 2.16. The van der Waals surface area contributed by atoms with Gasteiger partial charge in [-0.05, 0) is 42.5 Å². The second-order valence-electron chi connectivity index (χ2n) is 4.37. The van der Waals surface area contributed by atoms with Crippen molar-refractivity contribution in [3.63, 3.8) is 0 Å². The molecule has 1 aromatic heterocycles. The number of carbonyl (C=O) groups is 1. The van der Waals surface area contributed by atoms with E-state index in [1.54, 1.807) is 30.5 Å². The maximum atomic E-state index is 13.2. The second-order valence-corrected chi connectivity index (χ2v) is 4.37. The quantitative estimate of drug-likeness (QED) is 0.663. The van der Waals surface area contributed by atoms with Crippen molar-refractivity contribution < 1.29 is 13.6 Å². The molecular weight excluding hydrogens is 260 g/mol. The highest BCUT2D eigenvalue weighted by molar-refractivity contribution is 6.10. The predicted molar refractivity (Wildman–Crippen MR) is 71.5 cm³/mol. The molecule has 0 aliphatic rings. The first-order valence-corrected chi connectivity index (χ1v) is 6.00. The Morgan fingerprint density at radius 1 is 0.900 bits per heavy atom. The Bertz CT molecular complexity index is 814. The Morgan fingerprint density at radius 3 is 2.45 bits per heavy atom. The van der Waals surface area contributed by atoms with Gasteiger partial charge in [0.15, 0.2) is 17.4 Å². The summed E-state index contributed by atoms with van der Waals surface area (Å²) in [6.07, 6.45) is 1.67. The summed E-state index contributed by atoms with van der Waals surface area (Å²) in [4.78, 5) is 16.4. The Labute approximate surface area is 113 Å². The first kappa shape index (κ1) is 12.4. The van der Waals surface area contributed by atoms with Gasteiger partial charge in [-0.1, -0.05) is 6.07 Å². The summed E-state index contributed by atoms with van der Waals surface area (Å²) >= 11 is 0. The van der Waals surface area contributed by atoms with E-state index in [0.29, 0.717) is 5.56 Å². The molecule has 98 valence electrons. The van der Waals surface area contributed by atoms with Crippen LogP contribution in [0.4, 0.5) is 8.78 Å². The zero-order valence-electron chi connectivity index (χ0n) is 10.3. The summed E-state index contributed by atoms with van der Waals surface area (Å²) in [6, 6.07) is 11.8. The van der Waals surface area contributed by atoms with Gasteiger partial charge in [0.1, 0.15) is 0 Å².